The van der Waals surface area contributed by atoms with E-state index in [1.165, 1.54) is 4.70 Å². The minimum absolute atomic E-state index is 0. The lowest BCUT2D eigenvalue weighted by Crippen LogP contribution is -2.40. The maximum Gasteiger partial charge on any atom is 0.191 e. The number of guanidine groups is 1. The van der Waals surface area contributed by atoms with Crippen LogP contribution in [0.1, 0.15) is 23.8 Å². The van der Waals surface area contributed by atoms with Crippen LogP contribution in [0.3, 0.4) is 0 Å². The Bertz CT molecular complexity index is 686. The van der Waals surface area contributed by atoms with E-state index in [2.05, 4.69) is 27.8 Å². The Kier molecular flexibility index (Phi) is 9.77. The van der Waals surface area contributed by atoms with E-state index in [0.717, 1.165) is 29.7 Å². The van der Waals surface area contributed by atoms with Gasteiger partial charge in [-0.15, -0.1) is 35.3 Å². The zero-order valence-corrected chi connectivity index (χ0v) is 18.7. The summed E-state index contributed by atoms with van der Waals surface area (Å²) in [5, 5.41) is 17.9. The molecule has 0 bridgehead atoms. The molecule has 6 nitrogen and oxygen atoms in total. The van der Waals surface area contributed by atoms with E-state index in [4.69, 9.17) is 9.47 Å². The normalized spacial score (nSPS) is 18.3. The van der Waals surface area contributed by atoms with Crippen LogP contribution in [0.4, 0.5) is 0 Å². The van der Waals surface area contributed by atoms with E-state index in [-0.39, 0.29) is 30.1 Å². The van der Waals surface area contributed by atoms with E-state index in [9.17, 15) is 5.11 Å². The van der Waals surface area contributed by atoms with Crippen molar-refractivity contribution in [3.8, 4) is 0 Å². The van der Waals surface area contributed by atoms with Gasteiger partial charge in [0.05, 0.1) is 19.3 Å². The Morgan fingerprint density at radius 1 is 1.41 bits per heavy atom. The Morgan fingerprint density at radius 2 is 2.26 bits per heavy atom. The van der Waals surface area contributed by atoms with E-state index in [1.54, 1.807) is 18.4 Å². The van der Waals surface area contributed by atoms with Crippen LogP contribution in [0.5, 0.6) is 0 Å². The summed E-state index contributed by atoms with van der Waals surface area (Å²) >= 11 is 1.62. The number of aliphatic hydroxyl groups is 1. The molecule has 2 heterocycles. The predicted molar refractivity (Wildman–Crippen MR) is 121 cm³/mol. The Morgan fingerprint density at radius 3 is 3.00 bits per heavy atom. The zero-order chi connectivity index (χ0) is 18.2. The van der Waals surface area contributed by atoms with Gasteiger partial charge in [0, 0.05) is 36.3 Å². The van der Waals surface area contributed by atoms with E-state index in [0.29, 0.717) is 32.3 Å². The van der Waals surface area contributed by atoms with Crippen molar-refractivity contribution in [1.29, 1.82) is 0 Å². The highest BCUT2D eigenvalue weighted by Crippen LogP contribution is 2.29. The van der Waals surface area contributed by atoms with Gasteiger partial charge in [-0.2, -0.15) is 0 Å². The number of nitrogens with one attached hydrogen (secondary N) is 2. The fourth-order valence-corrected chi connectivity index (χ4v) is 3.96. The van der Waals surface area contributed by atoms with Crippen LogP contribution < -0.4 is 10.6 Å². The molecule has 0 saturated carbocycles. The van der Waals surface area contributed by atoms with Crippen molar-refractivity contribution in [3.63, 3.8) is 0 Å². The van der Waals surface area contributed by atoms with Crippen LogP contribution in [-0.4, -0.2) is 57.1 Å². The number of benzene rings is 1. The molecular weight excluding hydrogens is 477 g/mol. The second-order valence-corrected chi connectivity index (χ2v) is 7.41. The average molecular weight is 505 g/mol. The smallest absolute Gasteiger partial charge is 0.191 e. The van der Waals surface area contributed by atoms with Crippen LogP contribution in [0, 0.1) is 0 Å². The number of rotatable bonds is 8. The van der Waals surface area contributed by atoms with E-state index < -0.39 is 6.10 Å². The van der Waals surface area contributed by atoms with E-state index >= 15 is 0 Å². The van der Waals surface area contributed by atoms with Crippen LogP contribution in [0.15, 0.2) is 35.3 Å². The summed E-state index contributed by atoms with van der Waals surface area (Å²) in [6.45, 7) is 3.16. The number of aliphatic imine (C=N–C) groups is 1. The largest absolute Gasteiger partial charge is 0.386 e. The maximum atomic E-state index is 10.4. The number of thiophene rings is 1. The number of ether oxygens (including phenoxy) is 2. The van der Waals surface area contributed by atoms with Crippen molar-refractivity contribution in [1.82, 2.24) is 10.6 Å². The summed E-state index contributed by atoms with van der Waals surface area (Å²) in [4.78, 5) is 5.13. The molecule has 1 aromatic carbocycles. The maximum absolute atomic E-state index is 10.4. The Hall–Kier alpha value is -0.940. The molecular formula is C19H28IN3O3S. The predicted octanol–water partition coefficient (Wildman–Crippen LogP) is 2.91. The molecule has 0 radical (unpaired) electrons. The highest BCUT2D eigenvalue weighted by molar-refractivity contribution is 14.0. The van der Waals surface area contributed by atoms with Gasteiger partial charge in [-0.1, -0.05) is 18.2 Å². The molecule has 1 saturated heterocycles. The topological polar surface area (TPSA) is 75.1 Å². The third-order valence-corrected chi connectivity index (χ3v) is 5.54. The fourth-order valence-electron chi connectivity index (χ4n) is 2.91. The molecule has 8 heteroatoms. The molecule has 27 heavy (non-hydrogen) atoms. The Balaban J connectivity index is 0.00000261. The number of nitrogens with zero attached hydrogens (tertiary/aromatic N) is 1. The minimum Gasteiger partial charge on any atom is -0.386 e. The van der Waals surface area contributed by atoms with Gasteiger partial charge in [0.25, 0.3) is 0 Å². The SMILES string of the molecule is CN=C(NCCOCC1CCCO1)NCC(O)c1cc2ccccc2s1.I. The first kappa shape index (κ1) is 22.4. The van der Waals surface area contributed by atoms with Crippen molar-refractivity contribution < 1.29 is 14.6 Å². The molecule has 1 aliphatic heterocycles. The third kappa shape index (κ3) is 6.86. The standard InChI is InChI=1S/C19H27N3O3S.HI/c1-20-19(21-8-10-24-13-15-6-4-9-25-15)22-12-16(23)18-11-14-5-2-3-7-17(14)26-18;/h2-3,5,7,11,15-16,23H,4,6,8-10,12-13H2,1H3,(H2,20,21,22);1H. The van der Waals surface area contributed by atoms with Gasteiger partial charge in [0.1, 0.15) is 6.10 Å². The van der Waals surface area contributed by atoms with Crippen molar-refractivity contribution >= 4 is 51.4 Å². The van der Waals surface area contributed by atoms with Gasteiger partial charge in [0.15, 0.2) is 5.96 Å². The summed E-state index contributed by atoms with van der Waals surface area (Å²) in [6, 6.07) is 10.2. The molecule has 1 fully saturated rings. The Labute approximate surface area is 181 Å². The third-order valence-electron chi connectivity index (χ3n) is 4.33. The molecule has 3 rings (SSSR count). The molecule has 150 valence electrons. The first-order valence-electron chi connectivity index (χ1n) is 9.06. The van der Waals surface area contributed by atoms with Crippen LogP contribution >= 0.6 is 35.3 Å². The summed E-state index contributed by atoms with van der Waals surface area (Å²) in [5.74, 6) is 0.658. The van der Waals surface area contributed by atoms with Gasteiger partial charge in [-0.3, -0.25) is 4.99 Å². The quantitative estimate of drug-likeness (QED) is 0.223. The van der Waals surface area contributed by atoms with Crippen molar-refractivity contribution in [3.05, 3.63) is 35.2 Å². The first-order chi connectivity index (χ1) is 12.8. The summed E-state index contributed by atoms with van der Waals surface area (Å²) in [5.41, 5.74) is 0. The van der Waals surface area contributed by atoms with Crippen molar-refractivity contribution in [2.45, 2.75) is 25.0 Å². The molecule has 0 spiro atoms. The molecule has 2 atom stereocenters. The van der Waals surface area contributed by atoms with Crippen LogP contribution in [0.2, 0.25) is 0 Å². The zero-order valence-electron chi connectivity index (χ0n) is 15.5. The lowest BCUT2D eigenvalue weighted by molar-refractivity contribution is 0.0191. The molecule has 3 N–H and O–H groups in total. The molecule has 1 aliphatic rings. The second-order valence-electron chi connectivity index (χ2n) is 6.29. The van der Waals surface area contributed by atoms with Crippen LogP contribution in [-0.2, 0) is 9.47 Å². The minimum atomic E-state index is -0.568. The highest BCUT2D eigenvalue weighted by atomic mass is 127. The van der Waals surface area contributed by atoms with Crippen molar-refractivity contribution in [2.75, 3.05) is 40.0 Å². The molecule has 0 aliphatic carbocycles. The average Bonchev–Trinajstić information content (AvgIpc) is 3.33. The number of hydrogen-bond acceptors (Lipinski definition) is 5. The monoisotopic (exact) mass is 505 g/mol. The van der Waals surface area contributed by atoms with Gasteiger partial charge >= 0.3 is 0 Å². The number of hydrogen-bond donors (Lipinski definition) is 3. The molecule has 2 unspecified atom stereocenters. The lowest BCUT2D eigenvalue weighted by atomic mass is 10.2. The van der Waals surface area contributed by atoms with Gasteiger partial charge < -0.3 is 25.2 Å². The molecule has 1 aromatic heterocycles. The van der Waals surface area contributed by atoms with Gasteiger partial charge in [0.2, 0.25) is 0 Å². The highest BCUT2D eigenvalue weighted by Gasteiger charge is 2.15. The van der Waals surface area contributed by atoms with E-state index in [1.807, 2.05) is 18.2 Å². The summed E-state index contributed by atoms with van der Waals surface area (Å²) in [7, 11) is 1.72. The lowest BCUT2D eigenvalue weighted by Gasteiger charge is -2.15. The molecule has 2 aromatic rings. The van der Waals surface area contributed by atoms with Gasteiger partial charge in [-0.05, 0) is 30.4 Å². The van der Waals surface area contributed by atoms with Crippen molar-refractivity contribution in [2.24, 2.45) is 4.99 Å². The fraction of sp³-hybridized carbons (Fsp3) is 0.526. The summed E-state index contributed by atoms with van der Waals surface area (Å²) < 4.78 is 12.3. The van der Waals surface area contributed by atoms with Crippen LogP contribution in [0.25, 0.3) is 10.1 Å². The molecule has 0 amide bonds. The van der Waals surface area contributed by atoms with Gasteiger partial charge in [-0.25, -0.2) is 0 Å². The number of aliphatic hydroxyl groups excluding tert-OH is 1. The number of halogens is 1. The second kappa shape index (κ2) is 11.8. The first-order valence-corrected chi connectivity index (χ1v) is 9.88. The summed E-state index contributed by atoms with van der Waals surface area (Å²) in [6.07, 6.45) is 1.91. The number of fused-ring (bicyclic) bond motifs is 1.